The molecule has 0 bridgehead atoms. The van der Waals surface area contributed by atoms with Gasteiger partial charge in [0.2, 0.25) is 0 Å². The molecule has 0 aliphatic heterocycles. The van der Waals surface area contributed by atoms with Gasteiger partial charge in [-0.15, -0.1) is 11.3 Å². The van der Waals surface area contributed by atoms with E-state index in [2.05, 4.69) is 228 Å². The first-order chi connectivity index (χ1) is 28.3. The van der Waals surface area contributed by atoms with Crippen molar-refractivity contribution >= 4 is 70.4 Å². The predicted molar refractivity (Wildman–Crippen MR) is 245 cm³/mol. The minimum atomic E-state index is 1.11. The lowest BCUT2D eigenvalue weighted by Crippen LogP contribution is -2.09. The van der Waals surface area contributed by atoms with E-state index < -0.39 is 0 Å². The van der Waals surface area contributed by atoms with Crippen LogP contribution in [0.1, 0.15) is 0 Å². The van der Waals surface area contributed by atoms with E-state index in [0.29, 0.717) is 0 Å². The molecule has 57 heavy (non-hydrogen) atoms. The average Bonchev–Trinajstić information content (AvgIpc) is 3.83. The van der Waals surface area contributed by atoms with Crippen molar-refractivity contribution in [2.24, 2.45) is 0 Å². The third kappa shape index (κ3) is 5.71. The lowest BCUT2D eigenvalue weighted by Gasteiger charge is -2.26. The second-order valence-electron chi connectivity index (χ2n) is 14.5. The van der Waals surface area contributed by atoms with E-state index >= 15 is 0 Å². The number of nitrogens with zero attached hydrogens (tertiary/aromatic N) is 2. The van der Waals surface area contributed by atoms with Crippen molar-refractivity contribution in [1.82, 2.24) is 4.57 Å². The first-order valence-electron chi connectivity index (χ1n) is 19.4. The minimum Gasteiger partial charge on any atom is -0.310 e. The summed E-state index contributed by atoms with van der Waals surface area (Å²) in [5.41, 5.74) is 14.1. The van der Waals surface area contributed by atoms with E-state index in [0.717, 1.165) is 17.1 Å². The number of aromatic nitrogens is 1. The Labute approximate surface area is 335 Å². The van der Waals surface area contributed by atoms with Crippen molar-refractivity contribution in [3.63, 3.8) is 0 Å². The average molecular weight is 745 g/mol. The molecule has 9 aromatic carbocycles. The highest BCUT2D eigenvalue weighted by atomic mass is 32.1. The molecule has 0 saturated carbocycles. The second-order valence-corrected chi connectivity index (χ2v) is 15.6. The van der Waals surface area contributed by atoms with Gasteiger partial charge in [-0.25, -0.2) is 0 Å². The summed E-state index contributed by atoms with van der Waals surface area (Å²) in [6, 6.07) is 79.3. The van der Waals surface area contributed by atoms with Crippen LogP contribution < -0.4 is 4.90 Å². The molecule has 268 valence electrons. The molecule has 0 aliphatic carbocycles. The molecule has 2 aromatic heterocycles. The molecule has 0 N–H and O–H groups in total. The van der Waals surface area contributed by atoms with Crippen LogP contribution in [0.5, 0.6) is 0 Å². The van der Waals surface area contributed by atoms with Gasteiger partial charge >= 0.3 is 0 Å². The fourth-order valence-corrected chi connectivity index (χ4v) is 9.71. The molecule has 0 radical (unpaired) electrons. The first kappa shape index (κ1) is 33.2. The van der Waals surface area contributed by atoms with Gasteiger partial charge in [0.1, 0.15) is 0 Å². The maximum absolute atomic E-state index is 2.42. The van der Waals surface area contributed by atoms with Gasteiger partial charge in [0.05, 0.1) is 16.7 Å². The largest absolute Gasteiger partial charge is 0.310 e. The highest BCUT2D eigenvalue weighted by Crippen LogP contribution is 2.43. The van der Waals surface area contributed by atoms with E-state index in [1.807, 2.05) is 11.3 Å². The monoisotopic (exact) mass is 744 g/mol. The zero-order chi connectivity index (χ0) is 37.7. The van der Waals surface area contributed by atoms with Crippen molar-refractivity contribution in [3.05, 3.63) is 218 Å². The Morgan fingerprint density at radius 3 is 1.51 bits per heavy atom. The SMILES string of the molecule is c1ccc(-c2ccc(N(c3ccc(-c4ccccc4-c4ccccc4-n4c5ccccc5c5ccccc54)cc3)c3ccc4c(c3)sc3ccccc34)cc2)cc1. The number of fused-ring (bicyclic) bond motifs is 6. The summed E-state index contributed by atoms with van der Waals surface area (Å²) >= 11 is 1.86. The van der Waals surface area contributed by atoms with Crippen molar-refractivity contribution in [2.75, 3.05) is 4.90 Å². The van der Waals surface area contributed by atoms with Gasteiger partial charge in [-0.1, -0.05) is 158 Å². The fourth-order valence-electron chi connectivity index (χ4n) is 8.57. The van der Waals surface area contributed by atoms with Crippen LogP contribution in [-0.2, 0) is 0 Å². The molecule has 2 heterocycles. The maximum atomic E-state index is 2.42. The molecular weight excluding hydrogens is 709 g/mol. The van der Waals surface area contributed by atoms with Gasteiger partial charge in [0.15, 0.2) is 0 Å². The smallest absolute Gasteiger partial charge is 0.0541 e. The van der Waals surface area contributed by atoms with Crippen LogP contribution in [0, 0.1) is 0 Å². The number of rotatable bonds is 7. The Kier molecular flexibility index (Phi) is 8.04. The number of para-hydroxylation sites is 3. The highest BCUT2D eigenvalue weighted by molar-refractivity contribution is 7.25. The van der Waals surface area contributed by atoms with Crippen molar-refractivity contribution < 1.29 is 0 Å². The molecule has 0 fully saturated rings. The van der Waals surface area contributed by atoms with Gasteiger partial charge in [-0.05, 0) is 88.5 Å². The summed E-state index contributed by atoms with van der Waals surface area (Å²) in [6.07, 6.45) is 0. The van der Waals surface area contributed by atoms with Gasteiger partial charge in [0, 0.05) is 53.6 Å². The summed E-state index contributed by atoms with van der Waals surface area (Å²) in [4.78, 5) is 2.38. The van der Waals surface area contributed by atoms with E-state index in [1.165, 1.54) is 81.0 Å². The minimum absolute atomic E-state index is 1.11. The standard InChI is InChI=1S/C54H36N2S/c1-2-14-37(15-3-1)38-26-30-40(31-27-38)55(42-34-35-49-48-21-9-13-25-53(48)57-54(49)36-42)41-32-28-39(29-33-41)43-16-4-5-17-44(43)45-18-6-10-22-50(45)56-51-23-11-7-19-46(51)47-20-8-12-24-52(47)56/h1-36H. The van der Waals surface area contributed by atoms with Crippen LogP contribution in [0.25, 0.3) is 81.0 Å². The van der Waals surface area contributed by atoms with Crippen LogP contribution in [-0.4, -0.2) is 4.57 Å². The lowest BCUT2D eigenvalue weighted by molar-refractivity contribution is 1.18. The Morgan fingerprint density at radius 2 is 0.807 bits per heavy atom. The van der Waals surface area contributed by atoms with E-state index in [1.54, 1.807) is 0 Å². The summed E-state index contributed by atoms with van der Waals surface area (Å²) in [5, 5.41) is 5.13. The van der Waals surface area contributed by atoms with Gasteiger partial charge in [0.25, 0.3) is 0 Å². The first-order valence-corrected chi connectivity index (χ1v) is 20.2. The van der Waals surface area contributed by atoms with Gasteiger partial charge < -0.3 is 9.47 Å². The predicted octanol–water partition coefficient (Wildman–Crippen LogP) is 15.6. The Hall–Kier alpha value is -7.20. The number of anilines is 3. The summed E-state index contributed by atoms with van der Waals surface area (Å²) in [5.74, 6) is 0. The maximum Gasteiger partial charge on any atom is 0.0541 e. The summed E-state index contributed by atoms with van der Waals surface area (Å²) < 4.78 is 5.02. The normalized spacial score (nSPS) is 11.5. The molecule has 3 heteroatoms. The van der Waals surface area contributed by atoms with Crippen LogP contribution in [0.3, 0.4) is 0 Å². The van der Waals surface area contributed by atoms with E-state index in [-0.39, 0.29) is 0 Å². The van der Waals surface area contributed by atoms with Crippen LogP contribution in [0.15, 0.2) is 218 Å². The zero-order valence-corrected chi connectivity index (χ0v) is 31.9. The molecule has 0 spiro atoms. The third-order valence-corrected chi connectivity index (χ3v) is 12.4. The Morgan fingerprint density at radius 1 is 0.316 bits per heavy atom. The fraction of sp³-hybridized carbons (Fsp3) is 0. The molecule has 0 saturated heterocycles. The van der Waals surface area contributed by atoms with Crippen LogP contribution >= 0.6 is 11.3 Å². The number of thiophene rings is 1. The summed E-state index contributed by atoms with van der Waals surface area (Å²) in [7, 11) is 0. The lowest BCUT2D eigenvalue weighted by atomic mass is 9.93. The van der Waals surface area contributed by atoms with Gasteiger partial charge in [-0.3, -0.25) is 0 Å². The number of hydrogen-bond acceptors (Lipinski definition) is 2. The molecule has 11 rings (SSSR count). The molecule has 0 aliphatic rings. The second kappa shape index (κ2) is 13.8. The molecular formula is C54H36N2S. The molecule has 0 amide bonds. The number of hydrogen-bond donors (Lipinski definition) is 0. The van der Waals surface area contributed by atoms with Crippen molar-refractivity contribution in [1.29, 1.82) is 0 Å². The highest BCUT2D eigenvalue weighted by Gasteiger charge is 2.19. The van der Waals surface area contributed by atoms with Crippen LogP contribution in [0.4, 0.5) is 17.1 Å². The topological polar surface area (TPSA) is 8.17 Å². The Bertz CT molecular complexity index is 3170. The molecule has 0 atom stereocenters. The summed E-state index contributed by atoms with van der Waals surface area (Å²) in [6.45, 7) is 0. The van der Waals surface area contributed by atoms with E-state index in [4.69, 9.17) is 0 Å². The molecule has 2 nitrogen and oxygen atoms in total. The van der Waals surface area contributed by atoms with Crippen LogP contribution in [0.2, 0.25) is 0 Å². The molecule has 11 aromatic rings. The quantitative estimate of drug-likeness (QED) is 0.158. The van der Waals surface area contributed by atoms with Gasteiger partial charge in [-0.2, -0.15) is 0 Å². The van der Waals surface area contributed by atoms with Crippen molar-refractivity contribution in [3.8, 4) is 39.1 Å². The third-order valence-electron chi connectivity index (χ3n) is 11.2. The Balaban J connectivity index is 1.02. The number of benzene rings is 9. The van der Waals surface area contributed by atoms with E-state index in [9.17, 15) is 0 Å². The zero-order valence-electron chi connectivity index (χ0n) is 31.1. The molecule has 0 unspecified atom stereocenters. The van der Waals surface area contributed by atoms with Crippen molar-refractivity contribution in [2.45, 2.75) is 0 Å².